The summed E-state index contributed by atoms with van der Waals surface area (Å²) in [6.07, 6.45) is 1.73. The van der Waals surface area contributed by atoms with Gasteiger partial charge >= 0.3 is 0 Å². The van der Waals surface area contributed by atoms with Gasteiger partial charge in [-0.3, -0.25) is 14.9 Å². The van der Waals surface area contributed by atoms with Crippen molar-refractivity contribution >= 4 is 5.91 Å². The molecule has 1 atom stereocenters. The highest BCUT2D eigenvalue weighted by Gasteiger charge is 2.42. The van der Waals surface area contributed by atoms with Crippen molar-refractivity contribution in [3.8, 4) is 17.0 Å². The van der Waals surface area contributed by atoms with E-state index in [0.717, 1.165) is 28.3 Å². The van der Waals surface area contributed by atoms with Gasteiger partial charge in [-0.25, -0.2) is 0 Å². The lowest BCUT2D eigenvalue weighted by atomic mass is 9.99. The molecular weight excluding hydrogens is 344 g/mol. The molecule has 7 heteroatoms. The molecule has 0 unspecified atom stereocenters. The first kappa shape index (κ1) is 17.2. The molecule has 3 heterocycles. The molecule has 0 saturated carbocycles. The standard InChI is InChI=1S/C20H20N4O3/c1-26-11-10-24-19(15-8-3-4-9-21-15)16-17(22-23-18(16)20(24)25)13-6-5-7-14(12-13)27-2/h3-9,12,19H,10-11H2,1-2H3,(H,22,23)/t19-/m1/s1. The second kappa shape index (κ2) is 7.20. The molecule has 0 bridgehead atoms. The summed E-state index contributed by atoms with van der Waals surface area (Å²) in [6.45, 7) is 0.915. The van der Waals surface area contributed by atoms with Gasteiger partial charge in [0.25, 0.3) is 5.91 Å². The quantitative estimate of drug-likeness (QED) is 0.727. The molecule has 0 spiro atoms. The third-order valence-corrected chi connectivity index (χ3v) is 4.71. The average molecular weight is 364 g/mol. The zero-order valence-electron chi connectivity index (χ0n) is 15.2. The summed E-state index contributed by atoms with van der Waals surface area (Å²) in [7, 11) is 3.25. The largest absolute Gasteiger partial charge is 0.497 e. The molecule has 0 radical (unpaired) electrons. The molecule has 138 valence electrons. The number of methoxy groups -OCH3 is 2. The minimum absolute atomic E-state index is 0.0978. The first-order valence-corrected chi connectivity index (χ1v) is 8.68. The first-order valence-electron chi connectivity index (χ1n) is 8.68. The zero-order chi connectivity index (χ0) is 18.8. The number of amides is 1. The van der Waals surface area contributed by atoms with E-state index in [2.05, 4.69) is 15.2 Å². The van der Waals surface area contributed by atoms with E-state index >= 15 is 0 Å². The second-order valence-electron chi connectivity index (χ2n) is 6.24. The maximum atomic E-state index is 13.0. The summed E-state index contributed by atoms with van der Waals surface area (Å²) in [6, 6.07) is 13.0. The number of H-pyrrole nitrogens is 1. The highest BCUT2D eigenvalue weighted by Crippen LogP contribution is 2.42. The maximum Gasteiger partial charge on any atom is 0.273 e. The number of nitrogens with zero attached hydrogens (tertiary/aromatic N) is 3. The van der Waals surface area contributed by atoms with Crippen molar-refractivity contribution in [3.05, 3.63) is 65.6 Å². The number of ether oxygens (including phenoxy) is 2. The van der Waals surface area contributed by atoms with E-state index in [4.69, 9.17) is 9.47 Å². The Hall–Kier alpha value is -3.19. The van der Waals surface area contributed by atoms with Gasteiger partial charge in [0.1, 0.15) is 17.5 Å². The number of aromatic amines is 1. The number of hydrogen-bond donors (Lipinski definition) is 1. The smallest absolute Gasteiger partial charge is 0.273 e. The molecule has 3 aromatic rings. The second-order valence-corrected chi connectivity index (χ2v) is 6.24. The summed E-state index contributed by atoms with van der Waals surface area (Å²) in [5, 5.41) is 7.36. The third kappa shape index (κ3) is 2.96. The van der Waals surface area contributed by atoms with E-state index in [1.54, 1.807) is 25.3 Å². The lowest BCUT2D eigenvalue weighted by molar-refractivity contribution is 0.0674. The predicted octanol–water partition coefficient (Wildman–Crippen LogP) is 2.67. The lowest BCUT2D eigenvalue weighted by Crippen LogP contribution is -2.32. The summed E-state index contributed by atoms with van der Waals surface area (Å²) in [5.41, 5.74) is 3.75. The molecule has 1 aliphatic rings. The number of hydrogen-bond acceptors (Lipinski definition) is 5. The molecule has 1 amide bonds. The maximum absolute atomic E-state index is 13.0. The minimum Gasteiger partial charge on any atom is -0.497 e. The molecule has 1 aromatic carbocycles. The van der Waals surface area contributed by atoms with Crippen molar-refractivity contribution in [2.45, 2.75) is 6.04 Å². The van der Waals surface area contributed by atoms with Crippen LogP contribution in [-0.4, -0.2) is 53.4 Å². The predicted molar refractivity (Wildman–Crippen MR) is 99.6 cm³/mol. The highest BCUT2D eigenvalue weighted by molar-refractivity contribution is 6.00. The van der Waals surface area contributed by atoms with E-state index in [1.165, 1.54) is 0 Å². The van der Waals surface area contributed by atoms with Gasteiger partial charge in [0, 0.05) is 31.0 Å². The van der Waals surface area contributed by atoms with Gasteiger partial charge in [-0.1, -0.05) is 18.2 Å². The van der Waals surface area contributed by atoms with Gasteiger partial charge in [-0.05, 0) is 24.3 Å². The summed E-state index contributed by atoms with van der Waals surface area (Å²) in [4.78, 5) is 19.3. The van der Waals surface area contributed by atoms with Crippen LogP contribution in [0.2, 0.25) is 0 Å². The Kier molecular flexibility index (Phi) is 4.60. The Labute approximate surface area is 156 Å². The SMILES string of the molecule is COCCN1C(=O)c2[nH]nc(-c3cccc(OC)c3)c2[C@H]1c1ccccn1. The van der Waals surface area contributed by atoms with Crippen molar-refractivity contribution in [2.75, 3.05) is 27.4 Å². The molecule has 1 N–H and O–H groups in total. The van der Waals surface area contributed by atoms with Crippen LogP contribution in [0.1, 0.15) is 27.8 Å². The number of carbonyl (C=O) groups is 1. The van der Waals surface area contributed by atoms with Crippen LogP contribution in [0.3, 0.4) is 0 Å². The van der Waals surface area contributed by atoms with Crippen molar-refractivity contribution in [2.24, 2.45) is 0 Å². The Balaban J connectivity index is 1.85. The van der Waals surface area contributed by atoms with Crippen LogP contribution in [0.4, 0.5) is 0 Å². The molecule has 1 aliphatic heterocycles. The number of nitrogens with one attached hydrogen (secondary N) is 1. The number of rotatable bonds is 6. The van der Waals surface area contributed by atoms with Crippen LogP contribution in [0, 0.1) is 0 Å². The van der Waals surface area contributed by atoms with Gasteiger partial charge in [0.15, 0.2) is 0 Å². The van der Waals surface area contributed by atoms with E-state index < -0.39 is 0 Å². The van der Waals surface area contributed by atoms with E-state index in [1.807, 2.05) is 42.5 Å². The monoisotopic (exact) mass is 364 g/mol. The number of fused-ring (bicyclic) bond motifs is 1. The van der Waals surface area contributed by atoms with Crippen LogP contribution in [0.15, 0.2) is 48.7 Å². The Morgan fingerprint density at radius 1 is 1.19 bits per heavy atom. The Morgan fingerprint density at radius 2 is 2.07 bits per heavy atom. The normalized spacial score (nSPS) is 15.9. The van der Waals surface area contributed by atoms with Gasteiger partial charge < -0.3 is 14.4 Å². The van der Waals surface area contributed by atoms with E-state index in [-0.39, 0.29) is 11.9 Å². The van der Waals surface area contributed by atoms with Crippen molar-refractivity contribution < 1.29 is 14.3 Å². The van der Waals surface area contributed by atoms with Crippen molar-refractivity contribution in [1.82, 2.24) is 20.1 Å². The summed E-state index contributed by atoms with van der Waals surface area (Å²) < 4.78 is 10.5. The van der Waals surface area contributed by atoms with E-state index in [9.17, 15) is 4.79 Å². The lowest BCUT2D eigenvalue weighted by Gasteiger charge is -2.25. The minimum atomic E-state index is -0.316. The van der Waals surface area contributed by atoms with Gasteiger partial charge in [-0.2, -0.15) is 5.10 Å². The molecule has 4 rings (SSSR count). The molecule has 2 aromatic heterocycles. The average Bonchev–Trinajstić information content (AvgIpc) is 3.26. The third-order valence-electron chi connectivity index (χ3n) is 4.71. The fourth-order valence-electron chi connectivity index (χ4n) is 3.45. The fraction of sp³-hybridized carbons (Fsp3) is 0.250. The molecule has 0 saturated heterocycles. The Morgan fingerprint density at radius 3 is 2.81 bits per heavy atom. The Bertz CT molecular complexity index is 955. The van der Waals surface area contributed by atoms with Crippen LogP contribution in [0.5, 0.6) is 5.75 Å². The fourth-order valence-corrected chi connectivity index (χ4v) is 3.45. The van der Waals surface area contributed by atoms with Gasteiger partial charge in [0.2, 0.25) is 0 Å². The molecule has 27 heavy (non-hydrogen) atoms. The summed E-state index contributed by atoms with van der Waals surface area (Å²) in [5.74, 6) is 0.638. The van der Waals surface area contributed by atoms with Crippen LogP contribution >= 0.6 is 0 Å². The first-order chi connectivity index (χ1) is 13.2. The van der Waals surface area contributed by atoms with Crippen molar-refractivity contribution in [1.29, 1.82) is 0 Å². The molecule has 0 aliphatic carbocycles. The molecule has 0 fully saturated rings. The zero-order valence-corrected chi connectivity index (χ0v) is 15.2. The molecular formula is C20H20N4O3. The van der Waals surface area contributed by atoms with Gasteiger partial charge in [0.05, 0.1) is 25.1 Å². The topological polar surface area (TPSA) is 80.3 Å². The summed E-state index contributed by atoms with van der Waals surface area (Å²) >= 11 is 0. The van der Waals surface area contributed by atoms with Crippen molar-refractivity contribution in [3.63, 3.8) is 0 Å². The van der Waals surface area contributed by atoms with Gasteiger partial charge in [-0.15, -0.1) is 0 Å². The van der Waals surface area contributed by atoms with E-state index in [0.29, 0.717) is 18.8 Å². The molecule has 7 nitrogen and oxygen atoms in total. The number of aromatic nitrogens is 3. The highest BCUT2D eigenvalue weighted by atomic mass is 16.5. The van der Waals surface area contributed by atoms with Crippen LogP contribution in [0.25, 0.3) is 11.3 Å². The van der Waals surface area contributed by atoms with Crippen LogP contribution in [-0.2, 0) is 4.74 Å². The number of pyridine rings is 1. The van der Waals surface area contributed by atoms with Crippen LogP contribution < -0.4 is 4.74 Å². The number of carbonyl (C=O) groups excluding carboxylic acids is 1. The number of benzene rings is 1.